The van der Waals surface area contributed by atoms with Gasteiger partial charge in [0, 0.05) is 26.2 Å². The maximum atomic E-state index is 13.0. The molecular formula is C25H40N4O7. The fourth-order valence-corrected chi connectivity index (χ4v) is 3.10. The summed E-state index contributed by atoms with van der Waals surface area (Å²) in [5, 5.41) is 17.7. The van der Waals surface area contributed by atoms with Gasteiger partial charge in [0.05, 0.1) is 0 Å². The molecule has 0 heterocycles. The molecule has 1 aromatic carbocycles. The number of carbonyl (C=O) groups is 4. The molecule has 4 amide bonds. The van der Waals surface area contributed by atoms with Crippen LogP contribution in [0, 0.1) is 0 Å². The number of amides is 4. The van der Waals surface area contributed by atoms with Gasteiger partial charge in [0.1, 0.15) is 17.2 Å². The average Bonchev–Trinajstić information content (AvgIpc) is 2.73. The van der Waals surface area contributed by atoms with Crippen molar-refractivity contribution < 1.29 is 33.8 Å². The van der Waals surface area contributed by atoms with E-state index in [1.54, 1.807) is 65.8 Å². The van der Waals surface area contributed by atoms with Crippen LogP contribution in [0.1, 0.15) is 59.9 Å². The predicted octanol–water partition coefficient (Wildman–Crippen LogP) is 3.48. The van der Waals surface area contributed by atoms with Gasteiger partial charge in [-0.15, -0.1) is 0 Å². The Labute approximate surface area is 212 Å². The van der Waals surface area contributed by atoms with E-state index >= 15 is 0 Å². The van der Waals surface area contributed by atoms with Crippen LogP contribution in [0.3, 0.4) is 0 Å². The summed E-state index contributed by atoms with van der Waals surface area (Å²) in [6.45, 7) is 10.9. The quantitative estimate of drug-likeness (QED) is 0.335. The van der Waals surface area contributed by atoms with Crippen molar-refractivity contribution in [2.75, 3.05) is 19.6 Å². The number of nitrogens with zero attached hydrogens (tertiary/aromatic N) is 1. The lowest BCUT2D eigenvalue weighted by atomic mass is 10.1. The van der Waals surface area contributed by atoms with Gasteiger partial charge < -0.3 is 30.5 Å². The molecule has 1 aromatic rings. The van der Waals surface area contributed by atoms with Crippen LogP contribution in [0.5, 0.6) is 0 Å². The van der Waals surface area contributed by atoms with Crippen molar-refractivity contribution in [3.05, 3.63) is 35.9 Å². The van der Waals surface area contributed by atoms with E-state index in [2.05, 4.69) is 16.0 Å². The maximum absolute atomic E-state index is 13.0. The van der Waals surface area contributed by atoms with E-state index in [0.717, 1.165) is 10.5 Å². The molecule has 1 rings (SSSR count). The highest BCUT2D eigenvalue weighted by atomic mass is 16.6. The summed E-state index contributed by atoms with van der Waals surface area (Å²) in [4.78, 5) is 49.8. The molecule has 36 heavy (non-hydrogen) atoms. The molecule has 4 N–H and O–H groups in total. The van der Waals surface area contributed by atoms with E-state index in [-0.39, 0.29) is 32.6 Å². The van der Waals surface area contributed by atoms with Gasteiger partial charge in [0.2, 0.25) is 5.91 Å². The van der Waals surface area contributed by atoms with Gasteiger partial charge in [0.15, 0.2) is 0 Å². The smallest absolute Gasteiger partial charge is 0.408 e. The van der Waals surface area contributed by atoms with Crippen molar-refractivity contribution in [3.8, 4) is 0 Å². The summed E-state index contributed by atoms with van der Waals surface area (Å²) < 4.78 is 10.3. The Bertz CT molecular complexity index is 863. The molecule has 0 fully saturated rings. The van der Waals surface area contributed by atoms with Gasteiger partial charge in [-0.3, -0.25) is 9.69 Å². The third kappa shape index (κ3) is 13.4. The first-order valence-corrected chi connectivity index (χ1v) is 11.9. The van der Waals surface area contributed by atoms with E-state index in [9.17, 15) is 24.3 Å². The molecule has 0 radical (unpaired) electrons. The summed E-state index contributed by atoms with van der Waals surface area (Å²) >= 11 is 0. The van der Waals surface area contributed by atoms with Crippen LogP contribution < -0.4 is 16.0 Å². The maximum Gasteiger partial charge on any atom is 0.408 e. The van der Waals surface area contributed by atoms with Gasteiger partial charge >= 0.3 is 18.3 Å². The van der Waals surface area contributed by atoms with E-state index in [1.165, 1.54) is 0 Å². The molecule has 202 valence electrons. The zero-order valence-corrected chi connectivity index (χ0v) is 22.1. The minimum Gasteiger partial charge on any atom is -0.465 e. The number of hydrogen-bond donors (Lipinski definition) is 4. The number of alkyl carbamates (subject to hydrolysis) is 2. The number of hydrogen-bond acceptors (Lipinski definition) is 6. The summed E-state index contributed by atoms with van der Waals surface area (Å²) in [5.41, 5.74) is -0.558. The average molecular weight is 509 g/mol. The van der Waals surface area contributed by atoms with Crippen molar-refractivity contribution in [3.63, 3.8) is 0 Å². The molecule has 0 unspecified atom stereocenters. The van der Waals surface area contributed by atoms with Crippen LogP contribution >= 0.6 is 0 Å². The summed E-state index contributed by atoms with van der Waals surface area (Å²) in [7, 11) is 0. The molecule has 11 heteroatoms. The van der Waals surface area contributed by atoms with Crippen LogP contribution in [0.25, 0.3) is 0 Å². The molecule has 0 aliphatic heterocycles. The second-order valence-corrected chi connectivity index (χ2v) is 10.2. The summed E-state index contributed by atoms with van der Waals surface area (Å²) in [6.07, 6.45) is -1.94. The Morgan fingerprint density at radius 1 is 0.833 bits per heavy atom. The van der Waals surface area contributed by atoms with E-state index in [1.807, 2.05) is 6.07 Å². The van der Waals surface area contributed by atoms with Crippen LogP contribution in [0.2, 0.25) is 0 Å². The molecule has 11 nitrogen and oxygen atoms in total. The van der Waals surface area contributed by atoms with Crippen LogP contribution in [-0.4, -0.2) is 71.1 Å². The standard InChI is InChI=1S/C25H40N4O7/c1-24(2,3)35-21(31)27-14-10-13-19(29(23(33)34)17-18-11-8-7-9-12-18)20(30)26-15-16-28-22(32)36-25(4,5)6/h7-9,11-12,19H,10,13-17H2,1-6H3,(H,26,30)(H,27,31)(H,28,32)(H,33,34)/t19-/m0/s1. The first-order chi connectivity index (χ1) is 16.7. The lowest BCUT2D eigenvalue weighted by molar-refractivity contribution is -0.126. The van der Waals surface area contributed by atoms with Crippen molar-refractivity contribution in [2.24, 2.45) is 0 Å². The number of nitrogens with one attached hydrogen (secondary N) is 3. The Morgan fingerprint density at radius 3 is 1.83 bits per heavy atom. The molecule has 0 bridgehead atoms. The molecule has 0 aliphatic rings. The molecule has 1 atom stereocenters. The van der Waals surface area contributed by atoms with Gasteiger partial charge in [-0.1, -0.05) is 30.3 Å². The Morgan fingerprint density at radius 2 is 1.33 bits per heavy atom. The predicted molar refractivity (Wildman–Crippen MR) is 135 cm³/mol. The molecule has 0 spiro atoms. The first-order valence-electron chi connectivity index (χ1n) is 11.9. The number of carbonyl (C=O) groups excluding carboxylic acids is 3. The van der Waals surface area contributed by atoms with Crippen molar-refractivity contribution in [1.82, 2.24) is 20.9 Å². The van der Waals surface area contributed by atoms with Crippen LogP contribution in [-0.2, 0) is 20.8 Å². The third-order valence-corrected chi connectivity index (χ3v) is 4.54. The van der Waals surface area contributed by atoms with Gasteiger partial charge in [-0.05, 0) is 59.9 Å². The molecule has 0 aromatic heterocycles. The van der Waals surface area contributed by atoms with Crippen molar-refractivity contribution >= 4 is 24.2 Å². The number of rotatable bonds is 11. The zero-order valence-electron chi connectivity index (χ0n) is 22.1. The second kappa shape index (κ2) is 14.2. The fourth-order valence-electron chi connectivity index (χ4n) is 3.10. The lowest BCUT2D eigenvalue weighted by Crippen LogP contribution is -2.50. The second-order valence-electron chi connectivity index (χ2n) is 10.2. The third-order valence-electron chi connectivity index (χ3n) is 4.54. The van der Waals surface area contributed by atoms with Crippen LogP contribution in [0.4, 0.5) is 14.4 Å². The van der Waals surface area contributed by atoms with E-state index < -0.39 is 41.4 Å². The highest BCUT2D eigenvalue weighted by molar-refractivity contribution is 5.85. The summed E-state index contributed by atoms with van der Waals surface area (Å²) in [6, 6.07) is 7.94. The monoisotopic (exact) mass is 508 g/mol. The highest BCUT2D eigenvalue weighted by Crippen LogP contribution is 2.14. The lowest BCUT2D eigenvalue weighted by Gasteiger charge is -2.29. The molecule has 0 saturated carbocycles. The number of ether oxygens (including phenoxy) is 2. The van der Waals surface area contributed by atoms with Crippen LogP contribution in [0.15, 0.2) is 30.3 Å². The minimum absolute atomic E-state index is 0.0178. The zero-order chi connectivity index (χ0) is 27.4. The Balaban J connectivity index is 2.77. The molecular weight excluding hydrogens is 468 g/mol. The van der Waals surface area contributed by atoms with Crippen molar-refractivity contribution in [2.45, 2.75) is 78.2 Å². The van der Waals surface area contributed by atoms with Gasteiger partial charge in [0.25, 0.3) is 0 Å². The molecule has 0 aliphatic carbocycles. The number of benzene rings is 1. The number of carboxylic acid groups (broad SMARTS) is 1. The normalized spacial score (nSPS) is 12.2. The SMILES string of the molecule is CC(C)(C)OC(=O)NCCC[C@@H](C(=O)NCCNC(=O)OC(C)(C)C)N(Cc1ccccc1)C(=O)O. The Hall–Kier alpha value is -3.50. The van der Waals surface area contributed by atoms with Gasteiger partial charge in [-0.2, -0.15) is 0 Å². The van der Waals surface area contributed by atoms with E-state index in [4.69, 9.17) is 9.47 Å². The topological polar surface area (TPSA) is 146 Å². The minimum atomic E-state index is -1.24. The Kier molecular flexibility index (Phi) is 12.0. The van der Waals surface area contributed by atoms with Crippen molar-refractivity contribution in [1.29, 1.82) is 0 Å². The first kappa shape index (κ1) is 30.5. The van der Waals surface area contributed by atoms with Gasteiger partial charge in [-0.25, -0.2) is 14.4 Å². The highest BCUT2D eigenvalue weighted by Gasteiger charge is 2.29. The van der Waals surface area contributed by atoms with E-state index in [0.29, 0.717) is 6.42 Å². The largest absolute Gasteiger partial charge is 0.465 e. The molecule has 0 saturated heterocycles. The summed E-state index contributed by atoms with van der Waals surface area (Å²) in [5.74, 6) is -0.503. The fraction of sp³-hybridized carbons (Fsp3) is 0.600.